The molecule has 2 aromatic carbocycles. The van der Waals surface area contributed by atoms with Crippen molar-refractivity contribution in [3.05, 3.63) is 54.4 Å². The summed E-state index contributed by atoms with van der Waals surface area (Å²) in [5.74, 6) is -1.84. The molecule has 0 aliphatic carbocycles. The van der Waals surface area contributed by atoms with E-state index in [1.807, 2.05) is 0 Å². The number of anilines is 2. The van der Waals surface area contributed by atoms with E-state index in [4.69, 9.17) is 9.84 Å². The summed E-state index contributed by atoms with van der Waals surface area (Å²) in [6.07, 6.45) is 4.30. The molecule has 0 aliphatic heterocycles. The van der Waals surface area contributed by atoms with Gasteiger partial charge in [-0.05, 0) is 51.5 Å². The Bertz CT molecular complexity index is 1100. The van der Waals surface area contributed by atoms with E-state index in [0.29, 0.717) is 11.4 Å². The number of nitrogens with zero attached hydrogens (tertiary/aromatic N) is 1. The Kier molecular flexibility index (Phi) is 13.5. The van der Waals surface area contributed by atoms with Crippen molar-refractivity contribution in [2.24, 2.45) is 4.99 Å². The number of hydrogen-bond acceptors (Lipinski definition) is 5. The topological polar surface area (TPSA) is 112 Å². The molecule has 8 nitrogen and oxygen atoms in total. The summed E-state index contributed by atoms with van der Waals surface area (Å²) >= 11 is 0. The van der Waals surface area contributed by atoms with E-state index in [-0.39, 0.29) is 35.7 Å². The van der Waals surface area contributed by atoms with Crippen LogP contribution in [0.4, 0.5) is 30.6 Å². The van der Waals surface area contributed by atoms with E-state index < -0.39 is 30.1 Å². The fourth-order valence-electron chi connectivity index (χ4n) is 2.86. The van der Waals surface area contributed by atoms with Crippen LogP contribution in [0.3, 0.4) is 0 Å². The molecule has 0 saturated heterocycles. The number of carbonyl (C=O) groups excluding carboxylic acids is 1. The molecular formula is C28H38F2N4O4. The number of aliphatic imine (C=N–C) groups is 1. The number of benzene rings is 2. The fourth-order valence-corrected chi connectivity index (χ4v) is 2.86. The number of halogens is 2. The second-order valence-electron chi connectivity index (χ2n) is 8.90. The predicted molar refractivity (Wildman–Crippen MR) is 150 cm³/mol. The van der Waals surface area contributed by atoms with Gasteiger partial charge in [0, 0.05) is 42.0 Å². The number of carboxylic acid groups (broad SMARTS) is 1. The molecule has 2 amide bonds. The van der Waals surface area contributed by atoms with Crippen LogP contribution < -0.4 is 20.7 Å². The average molecular weight is 533 g/mol. The van der Waals surface area contributed by atoms with Gasteiger partial charge in [0.25, 0.3) is 0 Å². The number of nitrogens with one attached hydrogen (secondary N) is 3. The van der Waals surface area contributed by atoms with Crippen molar-refractivity contribution in [2.75, 3.05) is 23.8 Å². The number of alkyl halides is 1. The Balaban J connectivity index is 0.00000168. The number of carboxylic acids is 1. The SMILES string of the molecule is C=C(Nc1ccc(NC(=O)NCCC(C)(C)F)cc1)c1c(F)cc(OCC(=O)O)cc1N=CC.CCCC. The molecule has 38 heavy (non-hydrogen) atoms. The molecule has 2 aromatic rings. The number of urea groups is 1. The van der Waals surface area contributed by atoms with Crippen molar-refractivity contribution in [3.63, 3.8) is 0 Å². The molecule has 0 saturated carbocycles. The minimum Gasteiger partial charge on any atom is -0.482 e. The van der Waals surface area contributed by atoms with Gasteiger partial charge in [-0.15, -0.1) is 0 Å². The van der Waals surface area contributed by atoms with E-state index in [1.165, 1.54) is 39.0 Å². The maximum Gasteiger partial charge on any atom is 0.341 e. The van der Waals surface area contributed by atoms with E-state index in [9.17, 15) is 18.4 Å². The predicted octanol–water partition coefficient (Wildman–Crippen LogP) is 7.16. The number of amides is 2. The third-order valence-corrected chi connectivity index (χ3v) is 4.92. The Morgan fingerprint density at radius 1 is 1.11 bits per heavy atom. The van der Waals surface area contributed by atoms with Gasteiger partial charge in [-0.3, -0.25) is 4.99 Å². The van der Waals surface area contributed by atoms with Crippen LogP contribution in [0.5, 0.6) is 5.75 Å². The zero-order chi connectivity index (χ0) is 28.7. The lowest BCUT2D eigenvalue weighted by molar-refractivity contribution is -0.139. The first-order valence-corrected chi connectivity index (χ1v) is 12.4. The highest BCUT2D eigenvalue weighted by atomic mass is 19.1. The second-order valence-corrected chi connectivity index (χ2v) is 8.90. The number of aliphatic carboxylic acids is 1. The van der Waals surface area contributed by atoms with E-state index in [1.54, 1.807) is 31.2 Å². The summed E-state index contributed by atoms with van der Waals surface area (Å²) in [7, 11) is 0. The summed E-state index contributed by atoms with van der Waals surface area (Å²) in [4.78, 5) is 26.8. The molecule has 0 unspecified atom stereocenters. The highest BCUT2D eigenvalue weighted by Crippen LogP contribution is 2.33. The molecule has 0 aliphatic rings. The van der Waals surface area contributed by atoms with Crippen LogP contribution >= 0.6 is 0 Å². The van der Waals surface area contributed by atoms with Gasteiger partial charge in [-0.1, -0.05) is 33.3 Å². The Morgan fingerprint density at radius 3 is 2.18 bits per heavy atom. The van der Waals surface area contributed by atoms with Crippen molar-refractivity contribution >= 4 is 41.0 Å². The van der Waals surface area contributed by atoms with Gasteiger partial charge in [0.15, 0.2) is 6.61 Å². The maximum atomic E-state index is 14.8. The van der Waals surface area contributed by atoms with Crippen molar-refractivity contribution in [1.82, 2.24) is 5.32 Å². The van der Waals surface area contributed by atoms with Crippen molar-refractivity contribution < 1.29 is 28.2 Å². The first kappa shape index (κ1) is 32.1. The van der Waals surface area contributed by atoms with Crippen LogP contribution in [-0.2, 0) is 4.79 Å². The normalized spacial score (nSPS) is 10.8. The lowest BCUT2D eigenvalue weighted by Gasteiger charge is -2.16. The first-order chi connectivity index (χ1) is 17.9. The van der Waals surface area contributed by atoms with E-state index >= 15 is 0 Å². The zero-order valence-corrected chi connectivity index (χ0v) is 22.7. The van der Waals surface area contributed by atoms with Gasteiger partial charge in [0.1, 0.15) is 17.2 Å². The highest BCUT2D eigenvalue weighted by molar-refractivity contribution is 5.90. The fraction of sp³-hybridized carbons (Fsp3) is 0.393. The van der Waals surface area contributed by atoms with Crippen LogP contribution in [-0.4, -0.2) is 42.1 Å². The largest absolute Gasteiger partial charge is 0.482 e. The molecule has 208 valence electrons. The molecule has 0 fully saturated rings. The van der Waals surface area contributed by atoms with Gasteiger partial charge in [0.05, 0.1) is 11.3 Å². The van der Waals surface area contributed by atoms with Gasteiger partial charge in [-0.2, -0.15) is 0 Å². The van der Waals surface area contributed by atoms with Crippen LogP contribution in [0, 0.1) is 5.82 Å². The summed E-state index contributed by atoms with van der Waals surface area (Å²) in [5.41, 5.74) is 0.249. The minimum absolute atomic E-state index is 0.0285. The molecular weight excluding hydrogens is 494 g/mol. The second kappa shape index (κ2) is 16.0. The maximum absolute atomic E-state index is 14.8. The van der Waals surface area contributed by atoms with Crippen molar-refractivity contribution in [2.45, 2.75) is 59.5 Å². The van der Waals surface area contributed by atoms with Gasteiger partial charge >= 0.3 is 12.0 Å². The van der Waals surface area contributed by atoms with Crippen LogP contribution in [0.1, 0.15) is 59.4 Å². The van der Waals surface area contributed by atoms with Crippen LogP contribution in [0.25, 0.3) is 5.70 Å². The Morgan fingerprint density at radius 2 is 1.68 bits per heavy atom. The van der Waals surface area contributed by atoms with Gasteiger partial charge in [-0.25, -0.2) is 18.4 Å². The molecule has 0 heterocycles. The van der Waals surface area contributed by atoms with E-state index in [0.717, 1.165) is 6.07 Å². The lowest BCUT2D eigenvalue weighted by atomic mass is 10.1. The molecule has 0 radical (unpaired) electrons. The molecule has 10 heteroatoms. The van der Waals surface area contributed by atoms with Crippen molar-refractivity contribution in [3.8, 4) is 5.75 Å². The highest BCUT2D eigenvalue weighted by Gasteiger charge is 2.16. The lowest BCUT2D eigenvalue weighted by Crippen LogP contribution is -2.32. The van der Waals surface area contributed by atoms with Gasteiger partial charge < -0.3 is 25.8 Å². The Labute approximate surface area is 223 Å². The van der Waals surface area contributed by atoms with E-state index in [2.05, 4.69) is 41.4 Å². The quantitative estimate of drug-likeness (QED) is 0.217. The van der Waals surface area contributed by atoms with Gasteiger partial charge in [0.2, 0.25) is 0 Å². The van der Waals surface area contributed by atoms with Crippen LogP contribution in [0.2, 0.25) is 0 Å². The molecule has 0 bridgehead atoms. The van der Waals surface area contributed by atoms with Crippen molar-refractivity contribution in [1.29, 1.82) is 0 Å². The Hall–Kier alpha value is -3.95. The molecule has 2 rings (SSSR count). The summed E-state index contributed by atoms with van der Waals surface area (Å²) in [6.45, 7) is 12.4. The monoisotopic (exact) mass is 532 g/mol. The standard InChI is InChI=1S/C24H28F2N4O4.C4H10/c1-5-27-20-13-18(34-14-21(31)32)12-19(25)22(20)15(2)29-16-6-8-17(9-7-16)30-23(33)28-11-10-24(3,4)26;1-3-4-2/h5-9,12-13,29H,2,10-11,14H2,1,3-4H3,(H,31,32)(H2,28,30,33);3-4H2,1-2H3. The number of hydrogen-bond donors (Lipinski definition) is 4. The average Bonchev–Trinajstić information content (AvgIpc) is 2.83. The molecule has 0 atom stereocenters. The summed E-state index contributed by atoms with van der Waals surface area (Å²) in [5, 5.41) is 17.0. The third-order valence-electron chi connectivity index (χ3n) is 4.92. The summed E-state index contributed by atoms with van der Waals surface area (Å²) in [6, 6.07) is 8.63. The molecule has 4 N–H and O–H groups in total. The number of carbonyl (C=O) groups is 2. The number of unbranched alkanes of at least 4 members (excludes halogenated alkanes) is 1. The minimum atomic E-state index is -1.36. The zero-order valence-electron chi connectivity index (χ0n) is 22.7. The molecule has 0 spiro atoms. The number of rotatable bonds is 12. The first-order valence-electron chi connectivity index (χ1n) is 12.4. The van der Waals surface area contributed by atoms with Crippen LogP contribution in [0.15, 0.2) is 48.0 Å². The summed E-state index contributed by atoms with van der Waals surface area (Å²) < 4.78 is 33.3. The smallest absolute Gasteiger partial charge is 0.341 e. The molecule has 0 aromatic heterocycles. The third kappa shape index (κ3) is 12.3. The number of ether oxygens (including phenoxy) is 1.